The van der Waals surface area contributed by atoms with Gasteiger partial charge in [-0.3, -0.25) is 4.21 Å². The lowest BCUT2D eigenvalue weighted by atomic mass is 10.1. The van der Waals surface area contributed by atoms with Gasteiger partial charge >= 0.3 is 0 Å². The van der Waals surface area contributed by atoms with Crippen molar-refractivity contribution in [3.05, 3.63) is 35.7 Å². The fraction of sp³-hybridized carbons (Fsp3) is 0.438. The molecule has 0 spiro atoms. The zero-order valence-corrected chi connectivity index (χ0v) is 14.3. The van der Waals surface area contributed by atoms with E-state index in [1.807, 2.05) is 13.0 Å². The van der Waals surface area contributed by atoms with Crippen molar-refractivity contribution in [3.8, 4) is 5.75 Å². The Kier molecular flexibility index (Phi) is 5.60. The van der Waals surface area contributed by atoms with Crippen LogP contribution in [0.2, 0.25) is 0 Å². The highest BCUT2D eigenvalue weighted by Gasteiger charge is 2.14. The number of benzene rings is 1. The summed E-state index contributed by atoms with van der Waals surface area (Å²) in [5, 5.41) is 3.93. The summed E-state index contributed by atoms with van der Waals surface area (Å²) in [5.74, 6) is 1.73. The molecule has 1 atom stereocenters. The molecular weight excluding hydrogens is 298 g/mol. The molecule has 0 amide bonds. The van der Waals surface area contributed by atoms with Crippen LogP contribution in [0.25, 0.3) is 0 Å². The predicted molar refractivity (Wildman–Crippen MR) is 89.8 cm³/mol. The number of hydrogen-bond donors (Lipinski definition) is 2. The number of anilines is 1. The number of aromatic nitrogens is 2. The summed E-state index contributed by atoms with van der Waals surface area (Å²) in [6.07, 6.45) is 3.29. The Hall–Kier alpha value is -1.82. The molecule has 1 aromatic carbocycles. The fourth-order valence-electron chi connectivity index (χ4n) is 2.13. The van der Waals surface area contributed by atoms with Crippen LogP contribution >= 0.6 is 0 Å². The van der Waals surface area contributed by atoms with Crippen LogP contribution in [0.5, 0.6) is 5.75 Å². The molecule has 2 rings (SSSR count). The third kappa shape index (κ3) is 4.10. The standard InChI is InChI=1S/C16H23N3O2S/c1-11(2)9-19-14-7-12(3)15(21-4)8-13(14)10-22(20)16-17-5-6-18-16/h5-8,11,19H,9-10H2,1-4H3,(H,17,18). The number of nitrogens with one attached hydrogen (secondary N) is 2. The van der Waals surface area contributed by atoms with Gasteiger partial charge in [0.1, 0.15) is 5.75 Å². The van der Waals surface area contributed by atoms with Crippen molar-refractivity contribution < 1.29 is 8.95 Å². The molecule has 1 aromatic heterocycles. The summed E-state index contributed by atoms with van der Waals surface area (Å²) in [5.41, 5.74) is 3.03. The maximum atomic E-state index is 12.4. The topological polar surface area (TPSA) is 67.0 Å². The molecule has 2 N–H and O–H groups in total. The number of H-pyrrole nitrogens is 1. The van der Waals surface area contributed by atoms with Gasteiger partial charge in [-0.1, -0.05) is 13.8 Å². The molecule has 0 bridgehead atoms. The van der Waals surface area contributed by atoms with Crippen molar-refractivity contribution in [2.24, 2.45) is 5.92 Å². The number of ether oxygens (including phenoxy) is 1. The van der Waals surface area contributed by atoms with E-state index in [-0.39, 0.29) is 0 Å². The van der Waals surface area contributed by atoms with Crippen LogP contribution in [0.15, 0.2) is 29.7 Å². The second-order valence-corrected chi connectivity index (χ2v) is 7.00. The highest BCUT2D eigenvalue weighted by Crippen LogP contribution is 2.28. The van der Waals surface area contributed by atoms with Crippen molar-refractivity contribution in [3.63, 3.8) is 0 Å². The first-order chi connectivity index (χ1) is 10.5. The largest absolute Gasteiger partial charge is 0.496 e. The van der Waals surface area contributed by atoms with Crippen molar-refractivity contribution in [2.75, 3.05) is 19.0 Å². The number of rotatable bonds is 7. The number of aryl methyl sites for hydroxylation is 1. The molecule has 1 heterocycles. The van der Waals surface area contributed by atoms with Gasteiger partial charge in [0.25, 0.3) is 0 Å². The quantitative estimate of drug-likeness (QED) is 0.822. The number of nitrogens with zero attached hydrogens (tertiary/aromatic N) is 1. The maximum Gasteiger partial charge on any atom is 0.196 e. The minimum Gasteiger partial charge on any atom is -0.496 e. The van der Waals surface area contributed by atoms with Crippen LogP contribution in [0.1, 0.15) is 25.0 Å². The molecular formula is C16H23N3O2S. The Morgan fingerprint density at radius 2 is 2.18 bits per heavy atom. The summed E-state index contributed by atoms with van der Waals surface area (Å²) in [4.78, 5) is 6.97. The van der Waals surface area contributed by atoms with Gasteiger partial charge < -0.3 is 15.0 Å². The van der Waals surface area contributed by atoms with Gasteiger partial charge in [0.15, 0.2) is 5.16 Å². The Bertz CT molecular complexity index is 639. The van der Waals surface area contributed by atoms with Crippen LogP contribution < -0.4 is 10.1 Å². The van der Waals surface area contributed by atoms with Crippen LogP contribution in [0.3, 0.4) is 0 Å². The van der Waals surface area contributed by atoms with E-state index in [2.05, 4.69) is 35.2 Å². The van der Waals surface area contributed by atoms with E-state index < -0.39 is 10.8 Å². The van der Waals surface area contributed by atoms with Gasteiger partial charge in [-0.2, -0.15) is 0 Å². The zero-order valence-electron chi connectivity index (χ0n) is 13.5. The van der Waals surface area contributed by atoms with Crippen molar-refractivity contribution in [1.29, 1.82) is 0 Å². The van der Waals surface area contributed by atoms with Crippen molar-refractivity contribution in [2.45, 2.75) is 31.7 Å². The Morgan fingerprint density at radius 1 is 1.41 bits per heavy atom. The Labute approximate surface area is 134 Å². The summed E-state index contributed by atoms with van der Waals surface area (Å²) in [6, 6.07) is 4.01. The van der Waals surface area contributed by atoms with Gasteiger partial charge in [0.05, 0.1) is 23.7 Å². The minimum atomic E-state index is -1.21. The van der Waals surface area contributed by atoms with Gasteiger partial charge in [-0.05, 0) is 36.1 Å². The fourth-order valence-corrected chi connectivity index (χ4v) is 3.17. The average Bonchev–Trinajstić information content (AvgIpc) is 3.01. The van der Waals surface area contributed by atoms with E-state index in [1.165, 1.54) is 0 Å². The molecule has 120 valence electrons. The van der Waals surface area contributed by atoms with E-state index >= 15 is 0 Å². The van der Waals surface area contributed by atoms with E-state index in [4.69, 9.17) is 4.74 Å². The van der Waals surface area contributed by atoms with Gasteiger partial charge in [0, 0.05) is 24.6 Å². The van der Waals surface area contributed by atoms with Crippen molar-refractivity contribution >= 4 is 16.5 Å². The molecule has 1 unspecified atom stereocenters. The molecule has 0 saturated heterocycles. The summed E-state index contributed by atoms with van der Waals surface area (Å²) < 4.78 is 17.8. The molecule has 5 nitrogen and oxygen atoms in total. The molecule has 0 aliphatic heterocycles. The smallest absolute Gasteiger partial charge is 0.196 e. The van der Waals surface area contributed by atoms with E-state index in [0.717, 1.165) is 29.1 Å². The normalized spacial score (nSPS) is 12.4. The number of methoxy groups -OCH3 is 1. The Morgan fingerprint density at radius 3 is 2.77 bits per heavy atom. The highest BCUT2D eigenvalue weighted by molar-refractivity contribution is 7.84. The first-order valence-corrected chi connectivity index (χ1v) is 8.62. The second-order valence-electron chi connectivity index (χ2n) is 5.64. The van der Waals surface area contributed by atoms with Crippen LogP contribution in [-0.4, -0.2) is 27.8 Å². The Balaban J connectivity index is 2.27. The van der Waals surface area contributed by atoms with E-state index in [1.54, 1.807) is 19.5 Å². The number of aromatic amines is 1. The molecule has 22 heavy (non-hydrogen) atoms. The van der Waals surface area contributed by atoms with E-state index in [9.17, 15) is 4.21 Å². The van der Waals surface area contributed by atoms with Crippen LogP contribution in [0, 0.1) is 12.8 Å². The molecule has 0 aliphatic rings. The van der Waals surface area contributed by atoms with Gasteiger partial charge in [-0.15, -0.1) is 0 Å². The predicted octanol–water partition coefficient (Wildman–Crippen LogP) is 3.10. The molecule has 0 aliphatic carbocycles. The minimum absolute atomic E-state index is 0.393. The van der Waals surface area contributed by atoms with Gasteiger partial charge in [0.2, 0.25) is 0 Å². The lowest BCUT2D eigenvalue weighted by Gasteiger charge is -2.16. The lowest BCUT2D eigenvalue weighted by molar-refractivity contribution is 0.411. The van der Waals surface area contributed by atoms with E-state index in [0.29, 0.717) is 16.8 Å². The summed E-state index contributed by atoms with van der Waals surface area (Å²) >= 11 is 0. The third-order valence-corrected chi connectivity index (χ3v) is 4.52. The zero-order chi connectivity index (χ0) is 16.1. The number of hydrogen-bond acceptors (Lipinski definition) is 4. The average molecular weight is 321 g/mol. The first kappa shape index (κ1) is 16.5. The van der Waals surface area contributed by atoms with Crippen molar-refractivity contribution in [1.82, 2.24) is 9.97 Å². The molecule has 0 saturated carbocycles. The molecule has 6 heteroatoms. The maximum absolute atomic E-state index is 12.4. The van der Waals surface area contributed by atoms with Crippen LogP contribution in [0.4, 0.5) is 5.69 Å². The lowest BCUT2D eigenvalue weighted by Crippen LogP contribution is -2.11. The monoisotopic (exact) mass is 321 g/mol. The highest BCUT2D eigenvalue weighted by atomic mass is 32.2. The SMILES string of the molecule is COc1cc(CS(=O)c2ncc[nH]2)c(NCC(C)C)cc1C. The summed E-state index contributed by atoms with van der Waals surface area (Å²) in [7, 11) is 0.443. The molecule has 0 radical (unpaired) electrons. The molecule has 2 aromatic rings. The van der Waals surface area contributed by atoms with Gasteiger partial charge in [-0.25, -0.2) is 4.98 Å². The van der Waals surface area contributed by atoms with Crippen LogP contribution in [-0.2, 0) is 16.6 Å². The number of imidazole rings is 1. The third-order valence-electron chi connectivity index (χ3n) is 3.30. The summed E-state index contributed by atoms with van der Waals surface area (Å²) in [6.45, 7) is 7.19. The first-order valence-electron chi connectivity index (χ1n) is 7.30. The second kappa shape index (κ2) is 7.45. The molecule has 0 fully saturated rings.